The Morgan fingerprint density at radius 3 is 2.53 bits per heavy atom. The summed E-state index contributed by atoms with van der Waals surface area (Å²) in [5.74, 6) is 0.296. The van der Waals surface area contributed by atoms with Gasteiger partial charge in [-0.15, -0.1) is 0 Å². The van der Waals surface area contributed by atoms with E-state index in [1.54, 1.807) is 25.4 Å². The van der Waals surface area contributed by atoms with Crippen LogP contribution in [0.5, 0.6) is 5.88 Å². The lowest BCUT2D eigenvalue weighted by molar-refractivity contribution is 0.0600. The Hall–Kier alpha value is -2.36. The Bertz CT molecular complexity index is 564. The van der Waals surface area contributed by atoms with Gasteiger partial charge in [-0.1, -0.05) is 18.2 Å². The Kier molecular flexibility index (Phi) is 4.13. The van der Waals surface area contributed by atoms with Gasteiger partial charge in [0.05, 0.1) is 19.8 Å². The highest BCUT2D eigenvalue weighted by molar-refractivity contribution is 5.89. The molecule has 0 saturated heterocycles. The number of methoxy groups -OCH3 is 2. The maximum absolute atomic E-state index is 11.3. The number of carbonyl (C=O) groups is 1. The fraction of sp³-hybridized carbons (Fsp3) is 0.200. The first-order chi connectivity index (χ1) is 9.24. The number of hydrogen-bond donors (Lipinski definition) is 0. The quantitative estimate of drug-likeness (QED) is 0.789. The summed E-state index contributed by atoms with van der Waals surface area (Å²) in [6.07, 6.45) is 2.40. The number of nitrogens with zero attached hydrogens (tertiary/aromatic N) is 1. The van der Waals surface area contributed by atoms with Crippen LogP contribution >= 0.6 is 0 Å². The number of hydrogen-bond acceptors (Lipinski definition) is 4. The molecular formula is C15H15NO3. The van der Waals surface area contributed by atoms with Gasteiger partial charge in [-0.2, -0.15) is 0 Å². The molecule has 1 aromatic carbocycles. The minimum atomic E-state index is -0.328. The van der Waals surface area contributed by atoms with Crippen molar-refractivity contribution in [3.63, 3.8) is 0 Å². The predicted octanol–water partition coefficient (Wildman–Crippen LogP) is 2.47. The van der Waals surface area contributed by atoms with Crippen molar-refractivity contribution in [3.05, 3.63) is 59.3 Å². The smallest absolute Gasteiger partial charge is 0.337 e. The normalized spacial score (nSPS) is 10.0. The number of carbonyl (C=O) groups excluding carboxylic acids is 1. The van der Waals surface area contributed by atoms with Gasteiger partial charge in [0.1, 0.15) is 0 Å². The molecule has 0 atom stereocenters. The first-order valence-corrected chi connectivity index (χ1v) is 5.89. The molecule has 0 aliphatic rings. The van der Waals surface area contributed by atoms with Gasteiger partial charge in [-0.25, -0.2) is 9.78 Å². The summed E-state index contributed by atoms with van der Waals surface area (Å²) in [6.45, 7) is 0. The molecule has 98 valence electrons. The molecule has 0 saturated carbocycles. The lowest BCUT2D eigenvalue weighted by Gasteiger charge is -2.07. The number of ether oxygens (including phenoxy) is 2. The van der Waals surface area contributed by atoms with Gasteiger partial charge in [-0.05, 0) is 23.8 Å². The number of benzene rings is 1. The van der Waals surface area contributed by atoms with E-state index in [2.05, 4.69) is 9.72 Å². The molecule has 1 aromatic heterocycles. The first kappa shape index (κ1) is 13.1. The van der Waals surface area contributed by atoms with Crippen LogP contribution in [-0.4, -0.2) is 25.2 Å². The molecule has 2 rings (SSSR count). The summed E-state index contributed by atoms with van der Waals surface area (Å²) < 4.78 is 9.87. The van der Waals surface area contributed by atoms with Crippen molar-refractivity contribution in [2.45, 2.75) is 6.42 Å². The van der Waals surface area contributed by atoms with E-state index in [1.165, 1.54) is 7.11 Å². The number of rotatable bonds is 4. The fourth-order valence-electron chi connectivity index (χ4n) is 1.84. The van der Waals surface area contributed by atoms with Crippen LogP contribution in [0.1, 0.15) is 21.5 Å². The van der Waals surface area contributed by atoms with E-state index in [0.717, 1.165) is 11.1 Å². The minimum absolute atomic E-state index is 0.328. The highest BCUT2D eigenvalue weighted by atomic mass is 16.5. The SMILES string of the molecule is COC(=O)c1ccc(Cc2cccnc2OC)cc1. The van der Waals surface area contributed by atoms with Crippen molar-refractivity contribution in [3.8, 4) is 5.88 Å². The molecule has 1 heterocycles. The second kappa shape index (κ2) is 6.00. The molecule has 0 bridgehead atoms. The molecule has 19 heavy (non-hydrogen) atoms. The maximum atomic E-state index is 11.3. The Morgan fingerprint density at radius 1 is 1.16 bits per heavy atom. The van der Waals surface area contributed by atoms with Crippen LogP contribution in [0.4, 0.5) is 0 Å². The molecule has 4 heteroatoms. The summed E-state index contributed by atoms with van der Waals surface area (Å²) in [4.78, 5) is 15.5. The Labute approximate surface area is 112 Å². The van der Waals surface area contributed by atoms with Gasteiger partial charge in [-0.3, -0.25) is 0 Å². The summed E-state index contributed by atoms with van der Waals surface area (Å²) in [5, 5.41) is 0. The van der Waals surface area contributed by atoms with Gasteiger partial charge < -0.3 is 9.47 Å². The molecule has 0 amide bonds. The highest BCUT2D eigenvalue weighted by Crippen LogP contribution is 2.18. The van der Waals surface area contributed by atoms with E-state index in [9.17, 15) is 4.79 Å². The second-order valence-corrected chi connectivity index (χ2v) is 4.04. The zero-order valence-corrected chi connectivity index (χ0v) is 10.9. The second-order valence-electron chi connectivity index (χ2n) is 4.04. The highest BCUT2D eigenvalue weighted by Gasteiger charge is 2.07. The van der Waals surface area contributed by atoms with Crippen molar-refractivity contribution in [1.29, 1.82) is 0 Å². The molecule has 0 radical (unpaired) electrons. The van der Waals surface area contributed by atoms with E-state index in [1.807, 2.05) is 24.3 Å². The van der Waals surface area contributed by atoms with E-state index in [0.29, 0.717) is 17.9 Å². The average molecular weight is 257 g/mol. The van der Waals surface area contributed by atoms with Crippen LogP contribution in [0.25, 0.3) is 0 Å². The Morgan fingerprint density at radius 2 is 1.89 bits per heavy atom. The number of aromatic nitrogens is 1. The van der Waals surface area contributed by atoms with Crippen molar-refractivity contribution in [2.75, 3.05) is 14.2 Å². The minimum Gasteiger partial charge on any atom is -0.481 e. The van der Waals surface area contributed by atoms with Crippen molar-refractivity contribution < 1.29 is 14.3 Å². The Balaban J connectivity index is 2.17. The third kappa shape index (κ3) is 3.10. The zero-order valence-electron chi connectivity index (χ0n) is 10.9. The molecular weight excluding hydrogens is 242 g/mol. The van der Waals surface area contributed by atoms with Crippen LogP contribution in [0.15, 0.2) is 42.6 Å². The summed E-state index contributed by atoms with van der Waals surface area (Å²) >= 11 is 0. The van der Waals surface area contributed by atoms with Crippen LogP contribution in [0.2, 0.25) is 0 Å². The number of esters is 1. The summed E-state index contributed by atoms with van der Waals surface area (Å²) in [5.41, 5.74) is 2.64. The lowest BCUT2D eigenvalue weighted by Crippen LogP contribution is -2.01. The third-order valence-electron chi connectivity index (χ3n) is 2.81. The van der Waals surface area contributed by atoms with Crippen molar-refractivity contribution in [1.82, 2.24) is 4.98 Å². The topological polar surface area (TPSA) is 48.4 Å². The molecule has 0 unspecified atom stereocenters. The molecule has 0 aliphatic carbocycles. The molecule has 4 nitrogen and oxygen atoms in total. The van der Waals surface area contributed by atoms with Crippen molar-refractivity contribution in [2.24, 2.45) is 0 Å². The molecule has 0 spiro atoms. The van der Waals surface area contributed by atoms with Gasteiger partial charge >= 0.3 is 5.97 Å². The van der Waals surface area contributed by atoms with Crippen LogP contribution < -0.4 is 4.74 Å². The summed E-state index contributed by atoms with van der Waals surface area (Å²) in [7, 11) is 2.98. The maximum Gasteiger partial charge on any atom is 0.337 e. The van der Waals surface area contributed by atoms with E-state index < -0.39 is 0 Å². The van der Waals surface area contributed by atoms with E-state index in [4.69, 9.17) is 4.74 Å². The fourth-order valence-corrected chi connectivity index (χ4v) is 1.84. The van der Waals surface area contributed by atoms with E-state index >= 15 is 0 Å². The molecule has 0 aliphatic heterocycles. The van der Waals surface area contributed by atoms with Gasteiger partial charge in [0.25, 0.3) is 0 Å². The van der Waals surface area contributed by atoms with Gasteiger partial charge in [0.15, 0.2) is 0 Å². The largest absolute Gasteiger partial charge is 0.481 e. The van der Waals surface area contributed by atoms with E-state index in [-0.39, 0.29) is 5.97 Å². The molecule has 0 fully saturated rings. The van der Waals surface area contributed by atoms with Crippen LogP contribution in [-0.2, 0) is 11.2 Å². The number of pyridine rings is 1. The zero-order chi connectivity index (χ0) is 13.7. The average Bonchev–Trinajstić information content (AvgIpc) is 2.48. The monoisotopic (exact) mass is 257 g/mol. The third-order valence-corrected chi connectivity index (χ3v) is 2.81. The molecule has 2 aromatic rings. The first-order valence-electron chi connectivity index (χ1n) is 5.89. The standard InChI is InChI=1S/C15H15NO3/c1-18-14-13(4-3-9-16-14)10-11-5-7-12(8-6-11)15(17)19-2/h3-9H,10H2,1-2H3. The molecule has 0 N–H and O–H groups in total. The van der Waals surface area contributed by atoms with Crippen LogP contribution in [0.3, 0.4) is 0 Å². The summed E-state index contributed by atoms with van der Waals surface area (Å²) in [6, 6.07) is 11.2. The van der Waals surface area contributed by atoms with Gasteiger partial charge in [0, 0.05) is 18.2 Å². The van der Waals surface area contributed by atoms with Gasteiger partial charge in [0.2, 0.25) is 5.88 Å². The van der Waals surface area contributed by atoms with Crippen molar-refractivity contribution >= 4 is 5.97 Å². The predicted molar refractivity (Wildman–Crippen MR) is 71.4 cm³/mol. The van der Waals surface area contributed by atoms with Crippen LogP contribution in [0, 0.1) is 0 Å². The lowest BCUT2D eigenvalue weighted by atomic mass is 10.0.